The number of hydrogen-bond donors (Lipinski definition) is 2. The first-order chi connectivity index (χ1) is 8.76. The van der Waals surface area contributed by atoms with Crippen molar-refractivity contribution in [3.8, 4) is 0 Å². The second-order valence-electron chi connectivity index (χ2n) is 5.58. The number of anilines is 2. The first-order valence-electron chi connectivity index (χ1n) is 6.87. The molecule has 1 aliphatic carbocycles. The fourth-order valence-electron chi connectivity index (χ4n) is 2.61. The molecule has 2 heterocycles. The van der Waals surface area contributed by atoms with E-state index in [9.17, 15) is 0 Å². The first-order valence-corrected chi connectivity index (χ1v) is 6.87. The molecule has 0 spiro atoms. The van der Waals surface area contributed by atoms with Crippen molar-refractivity contribution in [2.24, 2.45) is 11.8 Å². The second-order valence-corrected chi connectivity index (χ2v) is 5.58. The normalized spacial score (nSPS) is 24.1. The van der Waals surface area contributed by atoms with Gasteiger partial charge in [-0.2, -0.15) is 0 Å². The first kappa shape index (κ1) is 11.7. The molecular weight excluding hydrogens is 226 g/mol. The summed E-state index contributed by atoms with van der Waals surface area (Å²) in [7, 11) is 0. The lowest BCUT2D eigenvalue weighted by atomic mass is 10.0. The molecule has 1 atom stereocenters. The van der Waals surface area contributed by atoms with Crippen LogP contribution in [0.1, 0.15) is 44.3 Å². The Morgan fingerprint density at radius 2 is 2.17 bits per heavy atom. The molecule has 1 aromatic rings. The van der Waals surface area contributed by atoms with E-state index in [1.807, 2.05) is 6.07 Å². The van der Waals surface area contributed by atoms with Gasteiger partial charge < -0.3 is 10.3 Å². The van der Waals surface area contributed by atoms with E-state index < -0.39 is 0 Å². The highest BCUT2D eigenvalue weighted by Crippen LogP contribution is 2.39. The summed E-state index contributed by atoms with van der Waals surface area (Å²) in [5.74, 6) is 9.53. The molecule has 0 aromatic carbocycles. The van der Waals surface area contributed by atoms with Crippen LogP contribution in [-0.2, 0) is 0 Å². The van der Waals surface area contributed by atoms with Gasteiger partial charge in [-0.25, -0.2) is 15.8 Å². The van der Waals surface area contributed by atoms with E-state index in [1.165, 1.54) is 25.7 Å². The van der Waals surface area contributed by atoms with Crippen LogP contribution in [0.2, 0.25) is 0 Å². The summed E-state index contributed by atoms with van der Waals surface area (Å²) in [5.41, 5.74) is 2.66. The number of nitrogens with two attached hydrogens (primary N) is 1. The largest absolute Gasteiger partial charge is 0.356 e. The summed E-state index contributed by atoms with van der Waals surface area (Å²) >= 11 is 0. The maximum Gasteiger partial charge on any atom is 0.145 e. The van der Waals surface area contributed by atoms with Crippen LogP contribution in [0.15, 0.2) is 6.07 Å². The summed E-state index contributed by atoms with van der Waals surface area (Å²) in [4.78, 5) is 11.5. The minimum atomic E-state index is 0.555. The average Bonchev–Trinajstić information content (AvgIpc) is 3.22. The maximum absolute atomic E-state index is 5.51. The van der Waals surface area contributed by atoms with Gasteiger partial charge in [-0.3, -0.25) is 0 Å². The number of hydrazine groups is 1. The molecule has 2 fully saturated rings. The van der Waals surface area contributed by atoms with Crippen LogP contribution in [0.5, 0.6) is 0 Å². The van der Waals surface area contributed by atoms with E-state index in [0.29, 0.717) is 5.92 Å². The third-order valence-electron chi connectivity index (χ3n) is 3.80. The summed E-state index contributed by atoms with van der Waals surface area (Å²) < 4.78 is 0. The smallest absolute Gasteiger partial charge is 0.145 e. The Morgan fingerprint density at radius 3 is 2.83 bits per heavy atom. The van der Waals surface area contributed by atoms with Crippen molar-refractivity contribution in [2.45, 2.75) is 38.5 Å². The molecule has 3 N–H and O–H groups in total. The van der Waals surface area contributed by atoms with Crippen molar-refractivity contribution in [3.05, 3.63) is 11.9 Å². The number of nitrogen functional groups attached to an aromatic ring is 1. The van der Waals surface area contributed by atoms with Crippen molar-refractivity contribution in [3.63, 3.8) is 0 Å². The highest BCUT2D eigenvalue weighted by molar-refractivity contribution is 5.49. The lowest BCUT2D eigenvalue weighted by Crippen LogP contribution is -2.35. The fraction of sp³-hybridized carbons (Fsp3) is 0.692. The molecule has 0 bridgehead atoms. The second kappa shape index (κ2) is 4.72. The number of hydrogen-bond acceptors (Lipinski definition) is 5. The molecule has 1 aliphatic heterocycles. The van der Waals surface area contributed by atoms with Crippen molar-refractivity contribution in [1.29, 1.82) is 0 Å². The average molecular weight is 247 g/mol. The van der Waals surface area contributed by atoms with E-state index in [0.717, 1.165) is 36.5 Å². The van der Waals surface area contributed by atoms with Gasteiger partial charge in [0.2, 0.25) is 0 Å². The Kier molecular flexibility index (Phi) is 3.07. The van der Waals surface area contributed by atoms with Crippen LogP contribution in [0.3, 0.4) is 0 Å². The van der Waals surface area contributed by atoms with E-state index in [1.54, 1.807) is 0 Å². The highest BCUT2D eigenvalue weighted by Gasteiger charge is 2.28. The maximum atomic E-state index is 5.51. The van der Waals surface area contributed by atoms with E-state index in [2.05, 4.69) is 22.2 Å². The molecule has 18 heavy (non-hydrogen) atoms. The van der Waals surface area contributed by atoms with Crippen molar-refractivity contribution >= 4 is 11.6 Å². The number of aromatic nitrogens is 2. The Hall–Kier alpha value is -1.36. The van der Waals surface area contributed by atoms with Crippen molar-refractivity contribution < 1.29 is 0 Å². The van der Waals surface area contributed by atoms with Crippen LogP contribution in [-0.4, -0.2) is 23.1 Å². The zero-order valence-corrected chi connectivity index (χ0v) is 10.9. The topological polar surface area (TPSA) is 67.1 Å². The molecule has 1 saturated heterocycles. The SMILES string of the molecule is CC1CCCN(c2cc(NN)nc(C3CC3)n2)C1. The van der Waals surface area contributed by atoms with Crippen LogP contribution in [0.4, 0.5) is 11.6 Å². The highest BCUT2D eigenvalue weighted by atomic mass is 15.3. The van der Waals surface area contributed by atoms with Crippen LogP contribution in [0, 0.1) is 5.92 Å². The van der Waals surface area contributed by atoms with E-state index in [4.69, 9.17) is 10.8 Å². The molecule has 5 nitrogen and oxygen atoms in total. The molecule has 98 valence electrons. The van der Waals surface area contributed by atoms with Gasteiger partial charge in [-0.15, -0.1) is 0 Å². The molecule has 1 saturated carbocycles. The predicted octanol–water partition coefficient (Wildman–Crippen LogP) is 1.88. The zero-order chi connectivity index (χ0) is 12.5. The van der Waals surface area contributed by atoms with Gasteiger partial charge in [0.05, 0.1) is 0 Å². The van der Waals surface area contributed by atoms with Gasteiger partial charge in [0.1, 0.15) is 17.5 Å². The van der Waals surface area contributed by atoms with Gasteiger partial charge in [0, 0.05) is 25.1 Å². The van der Waals surface area contributed by atoms with E-state index in [-0.39, 0.29) is 0 Å². The monoisotopic (exact) mass is 247 g/mol. The molecular formula is C13H21N5. The van der Waals surface area contributed by atoms with Gasteiger partial charge in [0.15, 0.2) is 0 Å². The van der Waals surface area contributed by atoms with Crippen LogP contribution < -0.4 is 16.2 Å². The van der Waals surface area contributed by atoms with Gasteiger partial charge in [-0.1, -0.05) is 6.92 Å². The lowest BCUT2D eigenvalue weighted by molar-refractivity contribution is 0.444. The molecule has 3 rings (SSSR count). The van der Waals surface area contributed by atoms with E-state index >= 15 is 0 Å². The number of nitrogens with one attached hydrogen (secondary N) is 1. The predicted molar refractivity (Wildman–Crippen MR) is 72.4 cm³/mol. The standard InChI is InChI=1S/C13H21N5/c1-9-3-2-6-18(8-9)12-7-11(17-14)15-13(16-12)10-4-5-10/h7,9-10H,2-6,8,14H2,1H3,(H,15,16,17). The number of nitrogens with zero attached hydrogens (tertiary/aromatic N) is 3. The molecule has 0 amide bonds. The minimum absolute atomic E-state index is 0.555. The third-order valence-corrected chi connectivity index (χ3v) is 3.80. The molecule has 1 unspecified atom stereocenters. The van der Waals surface area contributed by atoms with Crippen molar-refractivity contribution in [1.82, 2.24) is 9.97 Å². The Labute approximate surface area is 108 Å². The molecule has 0 radical (unpaired) electrons. The van der Waals surface area contributed by atoms with Gasteiger partial charge in [-0.05, 0) is 31.6 Å². The number of piperidine rings is 1. The van der Waals surface area contributed by atoms with Crippen molar-refractivity contribution in [2.75, 3.05) is 23.4 Å². The Bertz CT molecular complexity index is 429. The molecule has 2 aliphatic rings. The third kappa shape index (κ3) is 2.41. The summed E-state index contributed by atoms with van der Waals surface area (Å²) in [6, 6.07) is 1.96. The molecule has 1 aromatic heterocycles. The Morgan fingerprint density at radius 1 is 1.33 bits per heavy atom. The number of rotatable bonds is 3. The zero-order valence-electron chi connectivity index (χ0n) is 10.9. The summed E-state index contributed by atoms with van der Waals surface area (Å²) in [5, 5.41) is 0. The fourth-order valence-corrected chi connectivity index (χ4v) is 2.61. The minimum Gasteiger partial charge on any atom is -0.356 e. The molecule has 5 heteroatoms. The van der Waals surface area contributed by atoms with Crippen LogP contribution >= 0.6 is 0 Å². The van der Waals surface area contributed by atoms with Gasteiger partial charge in [0.25, 0.3) is 0 Å². The van der Waals surface area contributed by atoms with Gasteiger partial charge >= 0.3 is 0 Å². The lowest BCUT2D eigenvalue weighted by Gasteiger charge is -2.32. The Balaban J connectivity index is 1.87. The summed E-state index contributed by atoms with van der Waals surface area (Å²) in [6.07, 6.45) is 4.99. The van der Waals surface area contributed by atoms with Crippen LogP contribution in [0.25, 0.3) is 0 Å². The quantitative estimate of drug-likeness (QED) is 0.630. The summed E-state index contributed by atoms with van der Waals surface area (Å²) in [6.45, 7) is 4.48.